The second kappa shape index (κ2) is 14.0. The van der Waals surface area contributed by atoms with Gasteiger partial charge in [0.05, 0.1) is 6.54 Å². The maximum atomic E-state index is 6.12. The summed E-state index contributed by atoms with van der Waals surface area (Å²) in [6.07, 6.45) is 17.3. The monoisotopic (exact) mass is 522 g/mol. The molecule has 0 aliphatic rings. The molecule has 0 N–H and O–H groups in total. The molecule has 0 saturated carbocycles. The van der Waals surface area contributed by atoms with E-state index in [0.29, 0.717) is 0 Å². The van der Waals surface area contributed by atoms with Crippen molar-refractivity contribution in [1.29, 1.82) is 0 Å². The summed E-state index contributed by atoms with van der Waals surface area (Å²) in [5.41, 5.74) is 2.41. The third-order valence-corrected chi connectivity index (χ3v) is 6.16. The average Bonchev–Trinajstić information content (AvgIpc) is 3.21. The number of hydrogen-bond donors (Lipinski definition) is 0. The fourth-order valence-electron chi connectivity index (χ4n) is 3.95. The molecule has 2 aromatic carbocycles. The van der Waals surface area contributed by atoms with Crippen LogP contribution in [-0.2, 0) is 6.54 Å². The molecule has 0 aliphatic heterocycles. The highest BCUT2D eigenvalue weighted by Crippen LogP contribution is 2.28. The van der Waals surface area contributed by atoms with Crippen LogP contribution in [0.5, 0.6) is 0 Å². The van der Waals surface area contributed by atoms with E-state index in [4.69, 9.17) is 23.2 Å². The van der Waals surface area contributed by atoms with E-state index in [1.54, 1.807) is 0 Å². The Kier molecular flexibility index (Phi) is 11.7. The zero-order valence-corrected chi connectivity index (χ0v) is 21.4. The van der Waals surface area contributed by atoms with Crippen LogP contribution in [0.3, 0.4) is 0 Å². The lowest BCUT2D eigenvalue weighted by Crippen LogP contribution is -3.00. The lowest BCUT2D eigenvalue weighted by molar-refractivity contribution is -0.697. The summed E-state index contributed by atoms with van der Waals surface area (Å²) in [6, 6.07) is 16.3. The first-order chi connectivity index (χ1) is 14.7. The molecule has 0 bridgehead atoms. The number of halogens is 3. The van der Waals surface area contributed by atoms with Crippen molar-refractivity contribution in [3.05, 3.63) is 88.4 Å². The Morgan fingerprint density at radius 1 is 0.742 bits per heavy atom. The van der Waals surface area contributed by atoms with Crippen LogP contribution in [0.25, 0.3) is 0 Å². The molecule has 0 amide bonds. The first-order valence-electron chi connectivity index (χ1n) is 11.2. The van der Waals surface area contributed by atoms with Gasteiger partial charge in [-0.15, -0.1) is 0 Å². The number of nitrogens with zero attached hydrogens (tertiary/aromatic N) is 2. The molecule has 1 aromatic heterocycles. The normalized spacial score (nSPS) is 11.0. The molecule has 3 rings (SSSR count). The predicted molar refractivity (Wildman–Crippen MR) is 127 cm³/mol. The summed E-state index contributed by atoms with van der Waals surface area (Å²) in [6.45, 7) is 3.34. The van der Waals surface area contributed by atoms with Gasteiger partial charge < -0.3 is 17.0 Å². The summed E-state index contributed by atoms with van der Waals surface area (Å²) in [7, 11) is 0. The lowest BCUT2D eigenvalue weighted by Gasteiger charge is -2.15. The van der Waals surface area contributed by atoms with Crippen LogP contribution in [0, 0.1) is 0 Å². The Labute approximate surface area is 208 Å². The van der Waals surface area contributed by atoms with Crippen molar-refractivity contribution in [2.75, 3.05) is 0 Å². The van der Waals surface area contributed by atoms with E-state index in [0.717, 1.165) is 16.6 Å². The summed E-state index contributed by atoms with van der Waals surface area (Å²) in [4.78, 5) is 0. The van der Waals surface area contributed by atoms with Crippen LogP contribution in [0.2, 0.25) is 10.0 Å². The number of benzene rings is 2. The highest BCUT2D eigenvalue weighted by atomic mass is 79.9. The van der Waals surface area contributed by atoms with Gasteiger partial charge in [0.1, 0.15) is 12.4 Å². The van der Waals surface area contributed by atoms with Crippen LogP contribution in [-0.4, -0.2) is 4.57 Å². The maximum absolute atomic E-state index is 6.12. The zero-order chi connectivity index (χ0) is 21.2. The summed E-state index contributed by atoms with van der Waals surface area (Å²) >= 11 is 12.2. The molecule has 0 aliphatic carbocycles. The molecule has 1 heterocycles. The Hall–Kier alpha value is -1.29. The molecule has 2 nitrogen and oxygen atoms in total. The van der Waals surface area contributed by atoms with Crippen LogP contribution >= 0.6 is 23.2 Å². The number of aromatic nitrogens is 2. The van der Waals surface area contributed by atoms with Gasteiger partial charge in [-0.2, -0.15) is 0 Å². The van der Waals surface area contributed by atoms with E-state index in [9.17, 15) is 0 Å². The molecule has 0 radical (unpaired) electrons. The van der Waals surface area contributed by atoms with E-state index in [1.165, 1.54) is 62.5 Å². The van der Waals surface area contributed by atoms with Crippen molar-refractivity contribution < 1.29 is 21.5 Å². The van der Waals surface area contributed by atoms with Crippen LogP contribution in [0.15, 0.2) is 67.3 Å². The molecule has 0 unspecified atom stereocenters. The smallest absolute Gasteiger partial charge is 0.244 e. The minimum absolute atomic E-state index is 0. The average molecular weight is 524 g/mol. The molecule has 0 fully saturated rings. The maximum Gasteiger partial charge on any atom is 0.244 e. The number of aryl methyl sites for hydroxylation is 1. The number of imidazole rings is 1. The molecule has 3 aromatic rings. The van der Waals surface area contributed by atoms with Gasteiger partial charge in [0.2, 0.25) is 6.33 Å². The highest BCUT2D eigenvalue weighted by Gasteiger charge is 2.21. The molecule has 5 heteroatoms. The quantitative estimate of drug-likeness (QED) is 0.236. The fraction of sp³-hybridized carbons (Fsp3) is 0.423. The highest BCUT2D eigenvalue weighted by molar-refractivity contribution is 6.30. The van der Waals surface area contributed by atoms with Crippen LogP contribution < -0.4 is 21.5 Å². The van der Waals surface area contributed by atoms with E-state index >= 15 is 0 Å². The topological polar surface area (TPSA) is 8.81 Å². The molecular formula is C26H33BrCl2N2. The SMILES string of the molecule is CCCCCCCCCC[n+]1ccn(C(c2ccc(Cl)cc2)c2ccc(Cl)cc2)c1.[Br-]. The second-order valence-electron chi connectivity index (χ2n) is 8.08. The van der Waals surface area contributed by atoms with Gasteiger partial charge >= 0.3 is 0 Å². The number of hydrogen-bond acceptors (Lipinski definition) is 0. The van der Waals surface area contributed by atoms with Crippen molar-refractivity contribution in [3.63, 3.8) is 0 Å². The zero-order valence-electron chi connectivity index (χ0n) is 18.3. The van der Waals surface area contributed by atoms with Crippen molar-refractivity contribution in [3.8, 4) is 0 Å². The predicted octanol–water partition coefficient (Wildman–Crippen LogP) is 4.86. The second-order valence-corrected chi connectivity index (χ2v) is 8.95. The third kappa shape index (κ3) is 8.29. The standard InChI is InChI=1S/C26H33Cl2N2.BrH/c1-2-3-4-5-6-7-8-9-18-29-19-20-30(21-29)26(22-10-14-24(27)15-11-22)23-12-16-25(28)17-13-23;/h10-17,19-21,26H,2-9,18H2,1H3;1H/q+1;/p-1. The lowest BCUT2D eigenvalue weighted by atomic mass is 9.98. The van der Waals surface area contributed by atoms with Crippen molar-refractivity contribution in [1.82, 2.24) is 4.57 Å². The Morgan fingerprint density at radius 3 is 1.74 bits per heavy atom. The molecule has 0 spiro atoms. The number of unbranched alkanes of at least 4 members (excludes halogenated alkanes) is 7. The van der Waals surface area contributed by atoms with Crippen LogP contribution in [0.1, 0.15) is 75.5 Å². The Morgan fingerprint density at radius 2 is 1.23 bits per heavy atom. The van der Waals surface area contributed by atoms with E-state index in [2.05, 4.69) is 59.0 Å². The van der Waals surface area contributed by atoms with E-state index in [1.807, 2.05) is 24.3 Å². The van der Waals surface area contributed by atoms with Gasteiger partial charge in [-0.25, -0.2) is 9.13 Å². The van der Waals surface area contributed by atoms with E-state index in [-0.39, 0.29) is 23.0 Å². The molecule has 0 saturated heterocycles. The first-order valence-corrected chi connectivity index (χ1v) is 12.0. The van der Waals surface area contributed by atoms with Crippen molar-refractivity contribution in [2.45, 2.75) is 70.9 Å². The van der Waals surface area contributed by atoms with Gasteiger partial charge in [-0.05, 0) is 37.1 Å². The van der Waals surface area contributed by atoms with Gasteiger partial charge in [0.25, 0.3) is 0 Å². The molecule has 0 atom stereocenters. The molecular weight excluding hydrogens is 491 g/mol. The van der Waals surface area contributed by atoms with Crippen molar-refractivity contribution >= 4 is 23.2 Å². The Balaban J connectivity index is 0.00000341. The number of rotatable bonds is 12. The first kappa shape index (κ1) is 26.0. The summed E-state index contributed by atoms with van der Waals surface area (Å²) in [5, 5.41) is 1.51. The summed E-state index contributed by atoms with van der Waals surface area (Å²) < 4.78 is 4.58. The molecule has 168 valence electrons. The minimum Gasteiger partial charge on any atom is -1.00 e. The van der Waals surface area contributed by atoms with Gasteiger partial charge in [0.15, 0.2) is 6.04 Å². The largest absolute Gasteiger partial charge is 1.00 e. The van der Waals surface area contributed by atoms with Crippen LogP contribution in [0.4, 0.5) is 0 Å². The Bertz CT molecular complexity index is 830. The molecule has 31 heavy (non-hydrogen) atoms. The third-order valence-electron chi connectivity index (χ3n) is 5.65. The van der Waals surface area contributed by atoms with Gasteiger partial charge in [0, 0.05) is 21.2 Å². The fourth-order valence-corrected chi connectivity index (χ4v) is 4.20. The van der Waals surface area contributed by atoms with Crippen molar-refractivity contribution in [2.24, 2.45) is 0 Å². The van der Waals surface area contributed by atoms with Gasteiger partial charge in [-0.1, -0.05) is 92.9 Å². The minimum atomic E-state index is 0. The van der Waals surface area contributed by atoms with Gasteiger partial charge in [-0.3, -0.25) is 0 Å². The van der Waals surface area contributed by atoms with E-state index < -0.39 is 0 Å². The summed E-state index contributed by atoms with van der Waals surface area (Å²) in [5.74, 6) is 0.